The molecule has 0 aromatic rings. The molecular weight excluding hydrogens is 675 g/mol. The zero-order valence-electron chi connectivity index (χ0n) is 37.6. The van der Waals surface area contributed by atoms with Gasteiger partial charge < -0.3 is 10.4 Å². The summed E-state index contributed by atoms with van der Waals surface area (Å²) < 4.78 is 0. The number of Topliss-reactive ketones (excluding diaryl/α,β-unsaturated/α-hetero) is 1. The van der Waals surface area contributed by atoms with E-state index in [0.29, 0.717) is 12.2 Å². The van der Waals surface area contributed by atoms with E-state index in [2.05, 4.69) is 31.3 Å². The summed E-state index contributed by atoms with van der Waals surface area (Å²) in [5, 5.41) is 12.8. The van der Waals surface area contributed by atoms with Crippen molar-refractivity contribution < 1.29 is 14.7 Å². The van der Waals surface area contributed by atoms with Crippen LogP contribution in [-0.4, -0.2) is 29.4 Å². The van der Waals surface area contributed by atoms with E-state index in [9.17, 15) is 14.7 Å². The monoisotopic (exact) mass is 774 g/mol. The fourth-order valence-corrected chi connectivity index (χ4v) is 7.99. The van der Waals surface area contributed by atoms with Crippen LogP contribution in [0, 0.1) is 0 Å². The molecule has 0 aliphatic carbocycles. The van der Waals surface area contributed by atoms with Crippen molar-refractivity contribution in [3.63, 3.8) is 0 Å². The molecule has 0 bridgehead atoms. The summed E-state index contributed by atoms with van der Waals surface area (Å²) in [7, 11) is 0. The molecule has 1 unspecified atom stereocenters. The number of carbonyl (C=O) groups is 2. The lowest BCUT2D eigenvalue weighted by Gasteiger charge is -2.16. The molecule has 0 aromatic heterocycles. The third-order valence-corrected chi connectivity index (χ3v) is 11.8. The highest BCUT2D eigenvalue weighted by Gasteiger charge is 2.11. The van der Waals surface area contributed by atoms with Crippen LogP contribution in [0.25, 0.3) is 0 Å². The molecule has 4 nitrogen and oxygen atoms in total. The first-order valence-electron chi connectivity index (χ1n) is 25.2. The minimum absolute atomic E-state index is 0.0497. The molecule has 0 aliphatic rings. The Morgan fingerprint density at radius 1 is 0.400 bits per heavy atom. The molecule has 0 spiro atoms. The molecule has 0 heterocycles. The normalized spacial score (nSPS) is 12.2. The Labute approximate surface area is 345 Å². The Balaban J connectivity index is 3.40. The Kier molecular flexibility index (Phi) is 46.2. The molecule has 0 aliphatic heterocycles. The SMILES string of the molecule is CCCCCCCCC=CCCCCCCCCCCCC(=O)CCCCCCCCCCC(=O)NC(CO)CCCCCCCCCCCCCCCC. The molecule has 2 N–H and O–H groups in total. The number of carbonyl (C=O) groups excluding carboxylic acids is 2. The van der Waals surface area contributed by atoms with Crippen molar-refractivity contribution in [1.29, 1.82) is 0 Å². The average molecular weight is 774 g/mol. The van der Waals surface area contributed by atoms with Gasteiger partial charge in [0.1, 0.15) is 5.78 Å². The van der Waals surface area contributed by atoms with E-state index in [-0.39, 0.29) is 18.6 Å². The van der Waals surface area contributed by atoms with Crippen molar-refractivity contribution in [2.24, 2.45) is 0 Å². The number of unbranched alkanes of at least 4 members (excludes halogenated alkanes) is 35. The number of amides is 1. The van der Waals surface area contributed by atoms with E-state index in [0.717, 1.165) is 51.4 Å². The molecule has 1 atom stereocenters. The second-order valence-electron chi connectivity index (χ2n) is 17.4. The van der Waals surface area contributed by atoms with Gasteiger partial charge in [-0.3, -0.25) is 9.59 Å². The number of hydrogen-bond acceptors (Lipinski definition) is 3. The van der Waals surface area contributed by atoms with Gasteiger partial charge in [-0.25, -0.2) is 0 Å². The Morgan fingerprint density at radius 2 is 0.691 bits per heavy atom. The van der Waals surface area contributed by atoms with Crippen LogP contribution in [0.4, 0.5) is 0 Å². The van der Waals surface area contributed by atoms with E-state index in [1.54, 1.807) is 0 Å². The van der Waals surface area contributed by atoms with Crippen LogP contribution >= 0.6 is 0 Å². The van der Waals surface area contributed by atoms with Crippen molar-refractivity contribution in [2.45, 2.75) is 296 Å². The zero-order valence-corrected chi connectivity index (χ0v) is 37.6. The molecule has 0 fully saturated rings. The van der Waals surface area contributed by atoms with Gasteiger partial charge in [-0.15, -0.1) is 0 Å². The lowest BCUT2D eigenvalue weighted by atomic mass is 10.0. The zero-order chi connectivity index (χ0) is 40.0. The third kappa shape index (κ3) is 45.4. The number of aliphatic hydroxyl groups excluding tert-OH is 1. The van der Waals surface area contributed by atoms with Crippen molar-refractivity contribution in [1.82, 2.24) is 5.32 Å². The number of ketones is 1. The first-order valence-corrected chi connectivity index (χ1v) is 25.2. The van der Waals surface area contributed by atoms with Crippen LogP contribution in [0.5, 0.6) is 0 Å². The van der Waals surface area contributed by atoms with E-state index in [4.69, 9.17) is 0 Å². The van der Waals surface area contributed by atoms with Gasteiger partial charge >= 0.3 is 0 Å². The van der Waals surface area contributed by atoms with Crippen molar-refractivity contribution in [3.05, 3.63) is 12.2 Å². The molecule has 326 valence electrons. The van der Waals surface area contributed by atoms with Crippen molar-refractivity contribution >= 4 is 11.7 Å². The highest BCUT2D eigenvalue weighted by Crippen LogP contribution is 2.16. The Hall–Kier alpha value is -1.16. The molecule has 0 saturated heterocycles. The third-order valence-electron chi connectivity index (χ3n) is 11.8. The minimum Gasteiger partial charge on any atom is -0.394 e. The van der Waals surface area contributed by atoms with E-state index >= 15 is 0 Å². The van der Waals surface area contributed by atoms with Crippen LogP contribution < -0.4 is 5.32 Å². The van der Waals surface area contributed by atoms with Gasteiger partial charge in [0, 0.05) is 19.3 Å². The highest BCUT2D eigenvalue weighted by atomic mass is 16.3. The summed E-state index contributed by atoms with van der Waals surface area (Å²) in [6.45, 7) is 4.62. The molecule has 0 rings (SSSR count). The number of allylic oxidation sites excluding steroid dienone is 2. The average Bonchev–Trinajstić information content (AvgIpc) is 3.19. The van der Waals surface area contributed by atoms with Crippen molar-refractivity contribution in [2.75, 3.05) is 6.61 Å². The summed E-state index contributed by atoms with van der Waals surface area (Å²) in [5.74, 6) is 0.579. The lowest BCUT2D eigenvalue weighted by Crippen LogP contribution is -2.37. The number of hydrogen-bond donors (Lipinski definition) is 2. The van der Waals surface area contributed by atoms with E-state index in [1.807, 2.05) is 0 Å². The maximum Gasteiger partial charge on any atom is 0.220 e. The van der Waals surface area contributed by atoms with E-state index in [1.165, 1.54) is 218 Å². The highest BCUT2D eigenvalue weighted by molar-refractivity contribution is 5.78. The maximum absolute atomic E-state index is 12.4. The van der Waals surface area contributed by atoms with Crippen molar-refractivity contribution in [3.8, 4) is 0 Å². The summed E-state index contributed by atoms with van der Waals surface area (Å²) in [5.41, 5.74) is 0. The summed E-state index contributed by atoms with van der Waals surface area (Å²) in [6, 6.07) is -0.0799. The van der Waals surface area contributed by atoms with Gasteiger partial charge in [-0.1, -0.05) is 231 Å². The molecular formula is C51H99NO3. The number of aliphatic hydroxyl groups is 1. The predicted molar refractivity (Wildman–Crippen MR) is 243 cm³/mol. The van der Waals surface area contributed by atoms with Crippen LogP contribution in [0.2, 0.25) is 0 Å². The quantitative estimate of drug-likeness (QED) is 0.0478. The molecule has 0 saturated carbocycles. The first-order chi connectivity index (χ1) is 27.1. The van der Waals surface area contributed by atoms with Crippen LogP contribution in [0.15, 0.2) is 12.2 Å². The van der Waals surface area contributed by atoms with Crippen LogP contribution in [-0.2, 0) is 9.59 Å². The molecule has 1 amide bonds. The maximum atomic E-state index is 12.4. The van der Waals surface area contributed by atoms with Crippen LogP contribution in [0.3, 0.4) is 0 Å². The number of rotatable bonds is 47. The fraction of sp³-hybridized carbons (Fsp3) is 0.922. The predicted octanol–water partition coefficient (Wildman–Crippen LogP) is 16.4. The van der Waals surface area contributed by atoms with Gasteiger partial charge in [-0.05, 0) is 51.4 Å². The van der Waals surface area contributed by atoms with E-state index < -0.39 is 0 Å². The second kappa shape index (κ2) is 47.2. The van der Waals surface area contributed by atoms with Gasteiger partial charge in [0.2, 0.25) is 5.91 Å². The largest absolute Gasteiger partial charge is 0.394 e. The smallest absolute Gasteiger partial charge is 0.220 e. The Morgan fingerprint density at radius 3 is 1.04 bits per heavy atom. The van der Waals surface area contributed by atoms with Gasteiger partial charge in [0.05, 0.1) is 12.6 Å². The minimum atomic E-state index is -0.0799. The Bertz CT molecular complexity index is 795. The summed E-state index contributed by atoms with van der Waals surface area (Å²) >= 11 is 0. The first kappa shape index (κ1) is 53.8. The lowest BCUT2D eigenvalue weighted by molar-refractivity contribution is -0.122. The van der Waals surface area contributed by atoms with Gasteiger partial charge in [-0.2, -0.15) is 0 Å². The second-order valence-corrected chi connectivity index (χ2v) is 17.4. The van der Waals surface area contributed by atoms with Crippen LogP contribution in [0.1, 0.15) is 290 Å². The summed E-state index contributed by atoms with van der Waals surface area (Å²) in [6.07, 6.45) is 58.6. The molecule has 0 aromatic carbocycles. The fourth-order valence-electron chi connectivity index (χ4n) is 7.99. The standard InChI is InChI=1S/C51H99NO3/c1-3-5-7-9-11-13-15-17-19-20-21-22-23-25-27-29-33-37-41-45-50(54)46-42-38-34-30-31-35-39-43-47-51(55)52-49(48-53)44-40-36-32-28-26-24-18-16-14-12-10-8-6-4-2/h17,19,49,53H,3-16,18,20-48H2,1-2H3,(H,52,55). The summed E-state index contributed by atoms with van der Waals surface area (Å²) in [4.78, 5) is 24.7. The van der Waals surface area contributed by atoms with Gasteiger partial charge in [0.25, 0.3) is 0 Å². The number of nitrogens with one attached hydrogen (secondary N) is 1. The topological polar surface area (TPSA) is 66.4 Å². The molecule has 0 radical (unpaired) electrons. The molecule has 4 heteroatoms. The molecule has 55 heavy (non-hydrogen) atoms. The van der Waals surface area contributed by atoms with Gasteiger partial charge in [0.15, 0.2) is 0 Å².